The highest BCUT2D eigenvalue weighted by Crippen LogP contribution is 2.00. The summed E-state index contributed by atoms with van der Waals surface area (Å²) in [5.41, 5.74) is 0. The van der Waals surface area contributed by atoms with Crippen LogP contribution < -0.4 is 16.0 Å². The first-order chi connectivity index (χ1) is 10.0. The third-order valence-electron chi connectivity index (χ3n) is 3.25. The number of hydrogen-bond acceptors (Lipinski definition) is 5. The van der Waals surface area contributed by atoms with E-state index in [1.165, 1.54) is 7.05 Å². The molecule has 0 aromatic carbocycles. The summed E-state index contributed by atoms with van der Waals surface area (Å²) in [5.74, 6) is -0.272. The molecule has 1 saturated heterocycles. The topological polar surface area (TPSA) is 93.8 Å². The third-order valence-corrected chi connectivity index (χ3v) is 3.25. The van der Waals surface area contributed by atoms with E-state index < -0.39 is 6.03 Å². The Balaban J connectivity index is 2.21. The van der Waals surface area contributed by atoms with Gasteiger partial charge in [-0.3, -0.25) is 24.7 Å². The Morgan fingerprint density at radius 2 is 1.48 bits per heavy atom. The lowest BCUT2D eigenvalue weighted by atomic mass is 10.3. The van der Waals surface area contributed by atoms with Crippen molar-refractivity contribution in [1.82, 2.24) is 25.8 Å². The van der Waals surface area contributed by atoms with E-state index in [1.54, 1.807) is 0 Å². The van der Waals surface area contributed by atoms with Crippen molar-refractivity contribution >= 4 is 17.8 Å². The highest BCUT2D eigenvalue weighted by atomic mass is 16.2. The van der Waals surface area contributed by atoms with E-state index in [9.17, 15) is 14.4 Å². The average molecular weight is 299 g/mol. The molecular formula is C13H25N5O3. The fraction of sp³-hybridized carbons (Fsp3) is 0.769. The van der Waals surface area contributed by atoms with Gasteiger partial charge in [0.15, 0.2) is 0 Å². The van der Waals surface area contributed by atoms with Gasteiger partial charge in [-0.05, 0) is 6.42 Å². The summed E-state index contributed by atoms with van der Waals surface area (Å²) in [6.07, 6.45) is 0.931. The Bertz CT molecular complexity index is 367. The van der Waals surface area contributed by atoms with E-state index >= 15 is 0 Å². The Labute approximate surface area is 125 Å². The Morgan fingerprint density at radius 3 is 1.95 bits per heavy atom. The molecule has 1 aliphatic rings. The van der Waals surface area contributed by atoms with Gasteiger partial charge >= 0.3 is 6.03 Å². The maximum atomic E-state index is 11.6. The highest BCUT2D eigenvalue weighted by Gasteiger charge is 2.20. The van der Waals surface area contributed by atoms with Crippen LogP contribution in [0.1, 0.15) is 13.3 Å². The van der Waals surface area contributed by atoms with Crippen molar-refractivity contribution in [3.8, 4) is 0 Å². The van der Waals surface area contributed by atoms with Gasteiger partial charge in [-0.1, -0.05) is 6.92 Å². The van der Waals surface area contributed by atoms with Crippen molar-refractivity contribution in [2.24, 2.45) is 0 Å². The van der Waals surface area contributed by atoms with Crippen molar-refractivity contribution in [2.45, 2.75) is 13.3 Å². The van der Waals surface area contributed by atoms with Gasteiger partial charge in [0.25, 0.3) is 0 Å². The number of imide groups is 1. The predicted molar refractivity (Wildman–Crippen MR) is 78.8 cm³/mol. The molecule has 0 bridgehead atoms. The fourth-order valence-electron chi connectivity index (χ4n) is 2.06. The summed E-state index contributed by atoms with van der Waals surface area (Å²) < 4.78 is 0. The van der Waals surface area contributed by atoms with Gasteiger partial charge in [0.05, 0.1) is 13.1 Å². The second kappa shape index (κ2) is 9.30. The summed E-state index contributed by atoms with van der Waals surface area (Å²) >= 11 is 0. The van der Waals surface area contributed by atoms with Crippen LogP contribution in [0, 0.1) is 0 Å². The molecule has 0 aromatic rings. The Morgan fingerprint density at radius 1 is 0.952 bits per heavy atom. The Hall–Kier alpha value is -1.67. The number of hydrogen-bond donors (Lipinski definition) is 3. The lowest BCUT2D eigenvalue weighted by Gasteiger charge is -2.33. The molecule has 0 aliphatic carbocycles. The number of carbonyl (C=O) groups is 3. The zero-order valence-electron chi connectivity index (χ0n) is 12.8. The standard InChI is InChI=1S/C13H25N5O3/c1-3-4-15-11(19)9-17-5-7-18(8-6-17)10-12(20)16-13(21)14-2/h3-10H2,1-2H3,(H,15,19)(H2,14,16,20,21). The number of piperazine rings is 1. The van der Waals surface area contributed by atoms with Gasteiger partial charge in [0, 0.05) is 39.8 Å². The molecule has 1 fully saturated rings. The summed E-state index contributed by atoms with van der Waals surface area (Å²) in [4.78, 5) is 38.2. The monoisotopic (exact) mass is 299 g/mol. The van der Waals surface area contributed by atoms with Crippen LogP contribution in [0.2, 0.25) is 0 Å². The van der Waals surface area contributed by atoms with Gasteiger partial charge in [-0.15, -0.1) is 0 Å². The van der Waals surface area contributed by atoms with Crippen molar-refractivity contribution in [1.29, 1.82) is 0 Å². The van der Waals surface area contributed by atoms with Crippen LogP contribution in [0.15, 0.2) is 0 Å². The summed E-state index contributed by atoms with van der Waals surface area (Å²) in [7, 11) is 1.46. The van der Waals surface area contributed by atoms with E-state index in [0.29, 0.717) is 26.2 Å². The first-order valence-electron chi connectivity index (χ1n) is 7.28. The molecule has 0 saturated carbocycles. The summed E-state index contributed by atoms with van der Waals surface area (Å²) in [6.45, 7) is 6.23. The van der Waals surface area contributed by atoms with Crippen LogP contribution >= 0.6 is 0 Å². The second-order valence-electron chi connectivity index (χ2n) is 5.03. The highest BCUT2D eigenvalue weighted by molar-refractivity contribution is 5.95. The van der Waals surface area contributed by atoms with Crippen LogP contribution in [-0.4, -0.2) is 80.5 Å². The molecule has 0 radical (unpaired) electrons. The first kappa shape index (κ1) is 17.4. The molecule has 1 heterocycles. The normalized spacial score (nSPS) is 16.3. The second-order valence-corrected chi connectivity index (χ2v) is 5.03. The molecule has 8 heteroatoms. The molecule has 1 aliphatic heterocycles. The van der Waals surface area contributed by atoms with Crippen molar-refractivity contribution in [3.05, 3.63) is 0 Å². The smallest absolute Gasteiger partial charge is 0.321 e. The molecule has 21 heavy (non-hydrogen) atoms. The molecular weight excluding hydrogens is 274 g/mol. The van der Waals surface area contributed by atoms with E-state index in [1.807, 2.05) is 11.8 Å². The van der Waals surface area contributed by atoms with Crippen LogP contribution in [0.25, 0.3) is 0 Å². The number of nitrogens with zero attached hydrogens (tertiary/aromatic N) is 2. The molecule has 1 rings (SSSR count). The molecule has 0 aromatic heterocycles. The van der Waals surface area contributed by atoms with Crippen molar-refractivity contribution < 1.29 is 14.4 Å². The van der Waals surface area contributed by atoms with Crippen LogP contribution in [0.3, 0.4) is 0 Å². The summed E-state index contributed by atoms with van der Waals surface area (Å²) in [5, 5.41) is 7.42. The SMILES string of the molecule is CCCNC(=O)CN1CCN(CC(=O)NC(=O)NC)CC1. The van der Waals surface area contributed by atoms with E-state index in [0.717, 1.165) is 19.5 Å². The fourth-order valence-corrected chi connectivity index (χ4v) is 2.06. The quantitative estimate of drug-likeness (QED) is 0.560. The minimum Gasteiger partial charge on any atom is -0.355 e. The summed E-state index contributed by atoms with van der Waals surface area (Å²) in [6, 6.07) is -0.494. The van der Waals surface area contributed by atoms with Crippen molar-refractivity contribution in [2.75, 3.05) is 52.9 Å². The lowest BCUT2D eigenvalue weighted by molar-refractivity contribution is -0.124. The number of amides is 4. The molecule has 4 amide bonds. The van der Waals surface area contributed by atoms with E-state index in [2.05, 4.69) is 20.9 Å². The first-order valence-corrected chi connectivity index (χ1v) is 7.28. The number of carbonyl (C=O) groups excluding carboxylic acids is 3. The van der Waals surface area contributed by atoms with Gasteiger partial charge in [-0.2, -0.15) is 0 Å². The van der Waals surface area contributed by atoms with Gasteiger partial charge < -0.3 is 10.6 Å². The molecule has 0 spiro atoms. The van der Waals surface area contributed by atoms with E-state index in [4.69, 9.17) is 0 Å². The molecule has 120 valence electrons. The van der Waals surface area contributed by atoms with Crippen LogP contribution in [-0.2, 0) is 9.59 Å². The van der Waals surface area contributed by atoms with Crippen LogP contribution in [0.4, 0.5) is 4.79 Å². The van der Waals surface area contributed by atoms with Gasteiger partial charge in [-0.25, -0.2) is 4.79 Å². The molecule has 8 nitrogen and oxygen atoms in total. The zero-order chi connectivity index (χ0) is 15.7. The minimum absolute atomic E-state index is 0.0441. The van der Waals surface area contributed by atoms with Crippen LogP contribution in [0.5, 0.6) is 0 Å². The molecule has 0 atom stereocenters. The number of nitrogens with one attached hydrogen (secondary N) is 3. The third kappa shape index (κ3) is 7.05. The van der Waals surface area contributed by atoms with Gasteiger partial charge in [0.1, 0.15) is 0 Å². The predicted octanol–water partition coefficient (Wildman–Crippen LogP) is -1.41. The van der Waals surface area contributed by atoms with Crippen molar-refractivity contribution in [3.63, 3.8) is 0 Å². The largest absolute Gasteiger partial charge is 0.355 e. The maximum absolute atomic E-state index is 11.6. The molecule has 3 N–H and O–H groups in total. The maximum Gasteiger partial charge on any atom is 0.321 e. The van der Waals surface area contributed by atoms with Gasteiger partial charge in [0.2, 0.25) is 11.8 Å². The zero-order valence-corrected chi connectivity index (χ0v) is 12.8. The average Bonchev–Trinajstić information content (AvgIpc) is 2.47. The number of rotatable bonds is 6. The molecule has 0 unspecified atom stereocenters. The minimum atomic E-state index is -0.494. The lowest BCUT2D eigenvalue weighted by Crippen LogP contribution is -2.52. The Kier molecular flexibility index (Phi) is 7.70. The number of urea groups is 1. The van der Waals surface area contributed by atoms with E-state index in [-0.39, 0.29) is 18.4 Å².